The average Bonchev–Trinajstić information content (AvgIpc) is 3.49. The maximum Gasteiger partial charge on any atom is 0.277 e. The van der Waals surface area contributed by atoms with Crippen LogP contribution >= 0.6 is 0 Å². The first-order chi connectivity index (χ1) is 14.2. The van der Waals surface area contributed by atoms with Crippen molar-refractivity contribution in [3.63, 3.8) is 0 Å². The zero-order valence-electron chi connectivity index (χ0n) is 15.7. The molecule has 0 aliphatic heterocycles. The highest BCUT2D eigenvalue weighted by Crippen LogP contribution is 2.25. The summed E-state index contributed by atoms with van der Waals surface area (Å²) < 4.78 is 12.5. The molecule has 4 rings (SSSR count). The van der Waals surface area contributed by atoms with Gasteiger partial charge in [-0.05, 0) is 19.1 Å². The monoisotopic (exact) mass is 393 g/mol. The maximum absolute atomic E-state index is 12.7. The Kier molecular flexibility index (Phi) is 5.43. The van der Waals surface area contributed by atoms with Gasteiger partial charge in [0.2, 0.25) is 5.89 Å². The highest BCUT2D eigenvalue weighted by Gasteiger charge is 2.19. The highest BCUT2D eigenvalue weighted by molar-refractivity contribution is 6.04. The van der Waals surface area contributed by atoms with E-state index in [2.05, 4.69) is 30.6 Å². The Labute approximate surface area is 165 Å². The molecule has 0 unspecified atom stereocenters. The molecule has 0 aliphatic rings. The number of pyridine rings is 1. The van der Waals surface area contributed by atoms with Gasteiger partial charge in [-0.1, -0.05) is 6.07 Å². The van der Waals surface area contributed by atoms with Crippen LogP contribution in [0, 0.1) is 0 Å². The third-order valence-electron chi connectivity index (χ3n) is 4.07. The number of nitrogens with one attached hydrogen (secondary N) is 2. The Hall–Kier alpha value is -3.79. The third kappa shape index (κ3) is 4.22. The Morgan fingerprint density at radius 1 is 1.38 bits per heavy atom. The molecule has 0 fully saturated rings. The maximum atomic E-state index is 12.7. The standard InChI is InChI=1S/C19H19N7O3/c1-2-28-8-7-26-11-15(17(25-26)14-5-3-4-6-20-14)23-18(27)16-12-29-19(24-16)13-9-21-22-10-13/h3-6,9-12H,2,7-8H2,1H3,(H,21,22)(H,23,27). The number of rotatable bonds is 8. The van der Waals surface area contributed by atoms with E-state index in [-0.39, 0.29) is 5.69 Å². The molecule has 0 spiro atoms. The molecule has 10 nitrogen and oxygen atoms in total. The second kappa shape index (κ2) is 8.48. The minimum absolute atomic E-state index is 0.148. The summed E-state index contributed by atoms with van der Waals surface area (Å²) >= 11 is 0. The number of anilines is 1. The number of carbonyl (C=O) groups excluding carboxylic acids is 1. The van der Waals surface area contributed by atoms with Crippen molar-refractivity contribution in [1.82, 2.24) is 29.9 Å². The van der Waals surface area contributed by atoms with E-state index in [9.17, 15) is 4.79 Å². The van der Waals surface area contributed by atoms with Crippen molar-refractivity contribution in [2.75, 3.05) is 18.5 Å². The van der Waals surface area contributed by atoms with E-state index in [4.69, 9.17) is 9.15 Å². The summed E-state index contributed by atoms with van der Waals surface area (Å²) in [4.78, 5) is 21.3. The number of hydrogen-bond donors (Lipinski definition) is 2. The fraction of sp³-hybridized carbons (Fsp3) is 0.211. The lowest BCUT2D eigenvalue weighted by Gasteiger charge is -2.02. The number of amides is 1. The molecule has 0 aliphatic carbocycles. The second-order valence-corrected chi connectivity index (χ2v) is 6.05. The van der Waals surface area contributed by atoms with Gasteiger partial charge in [0.1, 0.15) is 12.0 Å². The number of hydrogen-bond acceptors (Lipinski definition) is 7. The minimum atomic E-state index is -0.412. The lowest BCUT2D eigenvalue weighted by Crippen LogP contribution is -2.12. The molecule has 0 atom stereocenters. The van der Waals surface area contributed by atoms with Gasteiger partial charge in [0.25, 0.3) is 5.91 Å². The van der Waals surface area contributed by atoms with Crippen molar-refractivity contribution >= 4 is 11.6 Å². The van der Waals surface area contributed by atoms with Crippen molar-refractivity contribution in [2.45, 2.75) is 13.5 Å². The van der Waals surface area contributed by atoms with Gasteiger partial charge in [-0.15, -0.1) is 0 Å². The number of ether oxygens (including phenoxy) is 1. The Morgan fingerprint density at radius 3 is 3.07 bits per heavy atom. The molecule has 0 aromatic carbocycles. The zero-order valence-corrected chi connectivity index (χ0v) is 15.7. The lowest BCUT2D eigenvalue weighted by atomic mass is 10.2. The summed E-state index contributed by atoms with van der Waals surface area (Å²) in [5.74, 6) is -0.105. The molecule has 4 heterocycles. The molecule has 1 amide bonds. The Morgan fingerprint density at radius 2 is 2.31 bits per heavy atom. The number of oxazole rings is 1. The largest absolute Gasteiger partial charge is 0.444 e. The molecular weight excluding hydrogens is 374 g/mol. The molecule has 29 heavy (non-hydrogen) atoms. The third-order valence-corrected chi connectivity index (χ3v) is 4.07. The number of aromatic nitrogens is 6. The summed E-state index contributed by atoms with van der Waals surface area (Å²) in [5, 5.41) is 13.9. The van der Waals surface area contributed by atoms with Crippen LogP contribution in [0.2, 0.25) is 0 Å². The second-order valence-electron chi connectivity index (χ2n) is 6.05. The van der Waals surface area contributed by atoms with Crippen LogP contribution < -0.4 is 5.32 Å². The van der Waals surface area contributed by atoms with Crippen molar-refractivity contribution in [1.29, 1.82) is 0 Å². The zero-order chi connectivity index (χ0) is 20.1. The van der Waals surface area contributed by atoms with E-state index in [1.54, 1.807) is 29.5 Å². The van der Waals surface area contributed by atoms with Crippen LogP contribution in [0.5, 0.6) is 0 Å². The van der Waals surface area contributed by atoms with E-state index in [1.165, 1.54) is 6.26 Å². The molecule has 4 aromatic rings. The molecule has 4 aromatic heterocycles. The van der Waals surface area contributed by atoms with Gasteiger partial charge in [0.05, 0.1) is 36.3 Å². The van der Waals surface area contributed by atoms with Gasteiger partial charge >= 0.3 is 0 Å². The summed E-state index contributed by atoms with van der Waals surface area (Å²) in [6.45, 7) is 3.63. The number of H-pyrrole nitrogens is 1. The first kappa shape index (κ1) is 18.6. The molecular formula is C19H19N7O3. The van der Waals surface area contributed by atoms with E-state index in [0.717, 1.165) is 0 Å². The summed E-state index contributed by atoms with van der Waals surface area (Å²) in [5.41, 5.74) is 2.54. The van der Waals surface area contributed by atoms with Gasteiger partial charge in [-0.2, -0.15) is 10.2 Å². The van der Waals surface area contributed by atoms with E-state index >= 15 is 0 Å². The lowest BCUT2D eigenvalue weighted by molar-refractivity contribution is 0.102. The van der Waals surface area contributed by atoms with Gasteiger partial charge in [-0.25, -0.2) is 4.98 Å². The number of aromatic amines is 1. The molecule has 2 N–H and O–H groups in total. The highest BCUT2D eigenvalue weighted by atomic mass is 16.5. The predicted octanol–water partition coefficient (Wildman–Crippen LogP) is 2.61. The molecule has 148 valence electrons. The van der Waals surface area contributed by atoms with Gasteiger partial charge < -0.3 is 14.5 Å². The topological polar surface area (TPSA) is 124 Å². The van der Waals surface area contributed by atoms with Crippen LogP contribution in [-0.2, 0) is 11.3 Å². The van der Waals surface area contributed by atoms with Crippen LogP contribution in [0.15, 0.2) is 53.7 Å². The predicted molar refractivity (Wildman–Crippen MR) is 104 cm³/mol. The van der Waals surface area contributed by atoms with E-state index < -0.39 is 5.91 Å². The fourth-order valence-corrected chi connectivity index (χ4v) is 2.69. The molecule has 0 radical (unpaired) electrons. The normalized spacial score (nSPS) is 10.9. The smallest absolute Gasteiger partial charge is 0.277 e. The van der Waals surface area contributed by atoms with Crippen LogP contribution in [0.1, 0.15) is 17.4 Å². The molecule has 0 saturated carbocycles. The van der Waals surface area contributed by atoms with E-state index in [1.807, 2.05) is 25.1 Å². The van der Waals surface area contributed by atoms with Crippen molar-refractivity contribution in [3.8, 4) is 22.8 Å². The van der Waals surface area contributed by atoms with Crippen LogP contribution in [0.4, 0.5) is 5.69 Å². The van der Waals surface area contributed by atoms with Gasteiger partial charge in [-0.3, -0.25) is 19.6 Å². The van der Waals surface area contributed by atoms with E-state index in [0.29, 0.717) is 48.3 Å². The van der Waals surface area contributed by atoms with Crippen molar-refractivity contribution in [2.24, 2.45) is 0 Å². The number of nitrogens with zero attached hydrogens (tertiary/aromatic N) is 5. The molecule has 0 bridgehead atoms. The summed E-state index contributed by atoms with van der Waals surface area (Å²) in [6.07, 6.45) is 7.93. The minimum Gasteiger partial charge on any atom is -0.444 e. The number of carbonyl (C=O) groups is 1. The average molecular weight is 393 g/mol. The van der Waals surface area contributed by atoms with Gasteiger partial charge in [0.15, 0.2) is 5.69 Å². The Balaban J connectivity index is 1.57. The van der Waals surface area contributed by atoms with Crippen molar-refractivity contribution in [3.05, 3.63) is 54.9 Å². The fourth-order valence-electron chi connectivity index (χ4n) is 2.69. The van der Waals surface area contributed by atoms with Gasteiger partial charge in [0, 0.05) is 25.2 Å². The van der Waals surface area contributed by atoms with Crippen LogP contribution in [0.25, 0.3) is 22.8 Å². The van der Waals surface area contributed by atoms with Crippen molar-refractivity contribution < 1.29 is 13.9 Å². The van der Waals surface area contributed by atoms with Crippen LogP contribution in [-0.4, -0.2) is 49.1 Å². The summed E-state index contributed by atoms with van der Waals surface area (Å²) in [7, 11) is 0. The first-order valence-electron chi connectivity index (χ1n) is 9.07. The molecule has 10 heteroatoms. The SMILES string of the molecule is CCOCCn1cc(NC(=O)c2coc(-c3cn[nH]c3)n2)c(-c2ccccn2)n1. The Bertz CT molecular complexity index is 1070. The van der Waals surface area contributed by atoms with Crippen LogP contribution in [0.3, 0.4) is 0 Å². The quantitative estimate of drug-likeness (QED) is 0.441. The summed E-state index contributed by atoms with van der Waals surface area (Å²) in [6, 6.07) is 5.51. The first-order valence-corrected chi connectivity index (χ1v) is 9.07. The molecule has 0 saturated heterocycles.